The minimum atomic E-state index is 0.244. The second-order valence-corrected chi connectivity index (χ2v) is 10.0. The van der Waals surface area contributed by atoms with Crippen LogP contribution in [0.15, 0.2) is 52.3 Å². The van der Waals surface area contributed by atoms with Gasteiger partial charge in [0.25, 0.3) is 0 Å². The molecule has 2 fully saturated rings. The van der Waals surface area contributed by atoms with Crippen molar-refractivity contribution in [2.75, 3.05) is 57.3 Å². The van der Waals surface area contributed by atoms with Crippen LogP contribution in [0.5, 0.6) is 0 Å². The number of halogens is 1. The van der Waals surface area contributed by atoms with E-state index in [0.29, 0.717) is 0 Å². The Hall–Kier alpha value is -1.89. The summed E-state index contributed by atoms with van der Waals surface area (Å²) in [5.41, 5.74) is 2.47. The second kappa shape index (κ2) is 9.31. The van der Waals surface area contributed by atoms with Crippen LogP contribution in [0.4, 0.5) is 16.2 Å². The minimum Gasteiger partial charge on any atom is -0.340 e. The molecule has 0 saturated carbocycles. The number of nitrogens with zero attached hydrogens (tertiary/aromatic N) is 4. The summed E-state index contributed by atoms with van der Waals surface area (Å²) in [6.07, 6.45) is 3.38. The zero-order valence-electron chi connectivity index (χ0n) is 17.8. The maximum absolute atomic E-state index is 12.6. The van der Waals surface area contributed by atoms with E-state index in [4.69, 9.17) is 11.6 Å². The van der Waals surface area contributed by atoms with E-state index >= 15 is 0 Å². The van der Waals surface area contributed by atoms with Gasteiger partial charge in [-0.05, 0) is 56.1 Å². The molecule has 0 atom stereocenters. The highest BCUT2D eigenvalue weighted by Crippen LogP contribution is 2.48. The number of carbonyl (C=O) groups is 1. The molecular weight excluding hydrogens is 428 g/mol. The first-order chi connectivity index (χ1) is 15.2. The number of anilines is 2. The average Bonchev–Trinajstić information content (AvgIpc) is 3.34. The van der Waals surface area contributed by atoms with Crippen molar-refractivity contribution in [3.63, 3.8) is 0 Å². The van der Waals surface area contributed by atoms with Crippen molar-refractivity contribution in [2.45, 2.75) is 29.1 Å². The van der Waals surface area contributed by atoms with Gasteiger partial charge in [-0.1, -0.05) is 35.5 Å². The molecule has 2 aromatic rings. The lowest BCUT2D eigenvalue weighted by atomic mass is 10.2. The molecule has 0 spiro atoms. The van der Waals surface area contributed by atoms with Gasteiger partial charge in [0.05, 0.1) is 11.4 Å². The van der Waals surface area contributed by atoms with E-state index in [-0.39, 0.29) is 6.03 Å². The quantitative estimate of drug-likeness (QED) is 0.635. The lowest BCUT2D eigenvalue weighted by molar-refractivity contribution is 0.118. The summed E-state index contributed by atoms with van der Waals surface area (Å²) in [6, 6.07) is 15.0. The third-order valence-electron chi connectivity index (χ3n) is 6.46. The largest absolute Gasteiger partial charge is 0.340 e. The highest BCUT2D eigenvalue weighted by Gasteiger charge is 2.27. The number of amides is 2. The third-order valence-corrected chi connectivity index (χ3v) is 7.83. The van der Waals surface area contributed by atoms with E-state index in [1.807, 2.05) is 27.6 Å². The van der Waals surface area contributed by atoms with Crippen LogP contribution in [-0.2, 0) is 0 Å². The van der Waals surface area contributed by atoms with E-state index in [2.05, 4.69) is 46.2 Å². The van der Waals surface area contributed by atoms with Crippen LogP contribution in [0.3, 0.4) is 0 Å². The molecule has 2 amide bonds. The molecule has 7 heteroatoms. The summed E-state index contributed by atoms with van der Waals surface area (Å²) in [5.74, 6) is 0. The predicted octanol–water partition coefficient (Wildman–Crippen LogP) is 5.17. The van der Waals surface area contributed by atoms with Crippen LogP contribution in [0.25, 0.3) is 0 Å². The summed E-state index contributed by atoms with van der Waals surface area (Å²) in [6.45, 7) is 7.49. The van der Waals surface area contributed by atoms with Crippen molar-refractivity contribution in [1.29, 1.82) is 0 Å². The fourth-order valence-corrected chi connectivity index (χ4v) is 6.01. The molecule has 5 nitrogen and oxygen atoms in total. The number of fused-ring (bicyclic) bond motifs is 2. The maximum Gasteiger partial charge on any atom is 0.320 e. The monoisotopic (exact) mass is 456 g/mol. The predicted molar refractivity (Wildman–Crippen MR) is 128 cm³/mol. The normalized spacial score (nSPS) is 18.8. The first kappa shape index (κ1) is 21.0. The second-order valence-electron chi connectivity index (χ2n) is 8.49. The van der Waals surface area contributed by atoms with Gasteiger partial charge in [0.1, 0.15) is 0 Å². The lowest BCUT2D eigenvalue weighted by Gasteiger charge is -2.37. The molecular formula is C24H29ClN4OS. The first-order valence-electron chi connectivity index (χ1n) is 11.3. The molecule has 3 heterocycles. The van der Waals surface area contributed by atoms with Crippen LogP contribution in [0.2, 0.25) is 5.02 Å². The fourth-order valence-electron chi connectivity index (χ4n) is 4.77. The van der Waals surface area contributed by atoms with Gasteiger partial charge >= 0.3 is 6.03 Å². The van der Waals surface area contributed by atoms with E-state index in [1.54, 1.807) is 0 Å². The number of hydrogen-bond acceptors (Lipinski definition) is 4. The van der Waals surface area contributed by atoms with Gasteiger partial charge in [0, 0.05) is 60.6 Å². The SMILES string of the molecule is O=C(N1CCCC1)N1CCN(CCCN2c3ccccc3Sc3ccc(Cl)cc32)CC1. The Morgan fingerprint density at radius 1 is 0.839 bits per heavy atom. The molecule has 0 unspecified atom stereocenters. The highest BCUT2D eigenvalue weighted by molar-refractivity contribution is 7.99. The Kier molecular flexibility index (Phi) is 6.30. The molecule has 0 aliphatic carbocycles. The zero-order valence-corrected chi connectivity index (χ0v) is 19.4. The van der Waals surface area contributed by atoms with Crippen molar-refractivity contribution in [1.82, 2.24) is 14.7 Å². The molecule has 3 aliphatic rings. The van der Waals surface area contributed by atoms with E-state index < -0.39 is 0 Å². The number of carbonyl (C=O) groups excluding carboxylic acids is 1. The topological polar surface area (TPSA) is 30.0 Å². The van der Waals surface area contributed by atoms with Gasteiger partial charge in [-0.3, -0.25) is 4.90 Å². The molecule has 164 valence electrons. The highest BCUT2D eigenvalue weighted by atomic mass is 35.5. The van der Waals surface area contributed by atoms with Crippen LogP contribution < -0.4 is 4.90 Å². The molecule has 0 N–H and O–H groups in total. The number of hydrogen-bond donors (Lipinski definition) is 0. The third kappa shape index (κ3) is 4.52. The molecule has 0 radical (unpaired) electrons. The van der Waals surface area contributed by atoms with Crippen molar-refractivity contribution in [2.24, 2.45) is 0 Å². The summed E-state index contributed by atoms with van der Waals surface area (Å²) in [4.78, 5) is 24.1. The molecule has 31 heavy (non-hydrogen) atoms. The molecule has 5 rings (SSSR count). The van der Waals surface area contributed by atoms with Gasteiger partial charge in [-0.25, -0.2) is 4.79 Å². The Morgan fingerprint density at radius 2 is 1.55 bits per heavy atom. The number of benzene rings is 2. The van der Waals surface area contributed by atoms with Gasteiger partial charge in [-0.15, -0.1) is 0 Å². The van der Waals surface area contributed by atoms with Gasteiger partial charge in [0.15, 0.2) is 0 Å². The summed E-state index contributed by atoms with van der Waals surface area (Å²) >= 11 is 8.15. The zero-order chi connectivity index (χ0) is 21.2. The van der Waals surface area contributed by atoms with Crippen LogP contribution >= 0.6 is 23.4 Å². The van der Waals surface area contributed by atoms with Crippen LogP contribution in [-0.4, -0.2) is 73.1 Å². The molecule has 2 saturated heterocycles. The van der Waals surface area contributed by atoms with Gasteiger partial charge in [0.2, 0.25) is 0 Å². The van der Waals surface area contributed by atoms with Crippen molar-refractivity contribution in [3.8, 4) is 0 Å². The number of likely N-dealkylation sites (tertiary alicyclic amines) is 1. The minimum absolute atomic E-state index is 0.244. The Balaban J connectivity index is 1.18. The van der Waals surface area contributed by atoms with Crippen LogP contribution in [0.1, 0.15) is 19.3 Å². The lowest BCUT2D eigenvalue weighted by Crippen LogP contribution is -2.52. The summed E-state index contributed by atoms with van der Waals surface area (Å²) in [5, 5.41) is 0.780. The van der Waals surface area contributed by atoms with Crippen molar-refractivity contribution >= 4 is 40.8 Å². The van der Waals surface area contributed by atoms with E-state index in [9.17, 15) is 4.79 Å². The van der Waals surface area contributed by atoms with Crippen molar-refractivity contribution < 1.29 is 4.79 Å². The Bertz CT molecular complexity index is 941. The first-order valence-corrected chi connectivity index (χ1v) is 12.5. The molecule has 0 aromatic heterocycles. The summed E-state index contributed by atoms with van der Waals surface area (Å²) in [7, 11) is 0. The fraction of sp³-hybridized carbons (Fsp3) is 0.458. The standard InChI is InChI=1S/C24H29ClN4OS/c25-19-8-9-23-21(18-19)29(20-6-1-2-7-22(20)31-23)13-5-10-26-14-16-28(17-15-26)24(30)27-11-3-4-12-27/h1-2,6-9,18H,3-5,10-17H2. The van der Waals surface area contributed by atoms with Gasteiger partial charge < -0.3 is 14.7 Å². The van der Waals surface area contributed by atoms with E-state index in [0.717, 1.165) is 76.6 Å². The Labute approximate surface area is 193 Å². The number of para-hydroxylation sites is 1. The summed E-state index contributed by atoms with van der Waals surface area (Å²) < 4.78 is 0. The van der Waals surface area contributed by atoms with Crippen molar-refractivity contribution in [3.05, 3.63) is 47.5 Å². The number of rotatable bonds is 4. The van der Waals surface area contributed by atoms with Crippen LogP contribution in [0, 0.1) is 0 Å². The van der Waals surface area contributed by atoms with Gasteiger partial charge in [-0.2, -0.15) is 0 Å². The maximum atomic E-state index is 12.6. The average molecular weight is 457 g/mol. The smallest absolute Gasteiger partial charge is 0.320 e. The number of piperazine rings is 1. The Morgan fingerprint density at radius 3 is 2.35 bits per heavy atom. The molecule has 0 bridgehead atoms. The molecule has 3 aliphatic heterocycles. The van der Waals surface area contributed by atoms with E-state index in [1.165, 1.54) is 21.2 Å². The molecule has 2 aromatic carbocycles. The number of urea groups is 1.